The smallest absolute Gasteiger partial charge is 0.158 e. The first kappa shape index (κ1) is 16.5. The molecule has 1 aromatic heterocycles. The number of nitrogens with zero attached hydrogens (tertiary/aromatic N) is 5. The Kier molecular flexibility index (Phi) is 4.72. The number of hydrogen-bond acceptors (Lipinski definition) is 5. The Balaban J connectivity index is 1.58. The molecule has 25 heavy (non-hydrogen) atoms. The summed E-state index contributed by atoms with van der Waals surface area (Å²) >= 11 is 0. The van der Waals surface area contributed by atoms with Gasteiger partial charge in [0, 0.05) is 50.5 Å². The van der Waals surface area contributed by atoms with Gasteiger partial charge in [0.05, 0.1) is 12.6 Å². The van der Waals surface area contributed by atoms with E-state index in [0.29, 0.717) is 6.04 Å². The maximum absolute atomic E-state index is 5.55. The molecule has 2 fully saturated rings. The van der Waals surface area contributed by atoms with Gasteiger partial charge in [-0.1, -0.05) is 6.92 Å². The lowest BCUT2D eigenvalue weighted by molar-refractivity contribution is 0.184. The molecule has 2 aromatic rings. The highest BCUT2D eigenvalue weighted by atomic mass is 16.5. The molecular weight excluding hydrogens is 314 g/mol. The monoisotopic (exact) mass is 341 g/mol. The summed E-state index contributed by atoms with van der Waals surface area (Å²) in [6.45, 7) is 8.07. The van der Waals surface area contributed by atoms with Crippen LogP contribution < -0.4 is 4.90 Å². The third-order valence-electron chi connectivity index (χ3n) is 5.24. The standard InChI is InChI=1S/C19H27N5O/c1-3-18-20-19(24(21-18)17-8-13-25-14-17)15-4-6-16(7-5-15)23-11-9-22(2)10-12-23/h4-7,17H,3,8-14H2,1-2H3. The summed E-state index contributed by atoms with van der Waals surface area (Å²) in [6, 6.07) is 9.11. The minimum absolute atomic E-state index is 0.306. The van der Waals surface area contributed by atoms with Gasteiger partial charge in [-0.05, 0) is 37.7 Å². The molecule has 2 aliphatic heterocycles. The highest BCUT2D eigenvalue weighted by Gasteiger charge is 2.23. The molecule has 0 aliphatic carbocycles. The minimum Gasteiger partial charge on any atom is -0.379 e. The van der Waals surface area contributed by atoms with E-state index >= 15 is 0 Å². The van der Waals surface area contributed by atoms with E-state index in [1.54, 1.807) is 0 Å². The molecule has 1 unspecified atom stereocenters. The molecule has 2 saturated heterocycles. The average molecular weight is 341 g/mol. The van der Waals surface area contributed by atoms with Crippen molar-refractivity contribution in [3.63, 3.8) is 0 Å². The van der Waals surface area contributed by atoms with E-state index in [0.717, 1.165) is 69.4 Å². The Hall–Kier alpha value is -1.92. The van der Waals surface area contributed by atoms with E-state index in [1.165, 1.54) is 5.69 Å². The highest BCUT2D eigenvalue weighted by molar-refractivity contribution is 5.61. The van der Waals surface area contributed by atoms with Crippen molar-refractivity contribution in [1.29, 1.82) is 0 Å². The van der Waals surface area contributed by atoms with Gasteiger partial charge in [0.25, 0.3) is 0 Å². The second-order valence-corrected chi connectivity index (χ2v) is 7.00. The summed E-state index contributed by atoms with van der Waals surface area (Å²) in [4.78, 5) is 9.61. The first-order chi connectivity index (χ1) is 12.2. The third kappa shape index (κ3) is 3.41. The fraction of sp³-hybridized carbons (Fsp3) is 0.579. The van der Waals surface area contributed by atoms with Gasteiger partial charge in [-0.2, -0.15) is 5.10 Å². The number of ether oxygens (including phenoxy) is 1. The lowest BCUT2D eigenvalue weighted by Gasteiger charge is -2.34. The van der Waals surface area contributed by atoms with E-state index in [4.69, 9.17) is 14.8 Å². The fourth-order valence-electron chi connectivity index (χ4n) is 3.57. The second-order valence-electron chi connectivity index (χ2n) is 7.00. The number of benzene rings is 1. The third-order valence-corrected chi connectivity index (χ3v) is 5.24. The summed E-state index contributed by atoms with van der Waals surface area (Å²) < 4.78 is 7.63. The summed E-state index contributed by atoms with van der Waals surface area (Å²) in [5.74, 6) is 1.88. The van der Waals surface area contributed by atoms with E-state index in [-0.39, 0.29) is 0 Å². The van der Waals surface area contributed by atoms with Crippen LogP contribution in [0.25, 0.3) is 11.4 Å². The van der Waals surface area contributed by atoms with Crippen molar-refractivity contribution in [3.8, 4) is 11.4 Å². The molecule has 0 saturated carbocycles. The largest absolute Gasteiger partial charge is 0.379 e. The zero-order chi connectivity index (χ0) is 17.2. The number of likely N-dealkylation sites (N-methyl/N-ethyl adjacent to an activating group) is 1. The first-order valence-electron chi connectivity index (χ1n) is 9.31. The quantitative estimate of drug-likeness (QED) is 0.853. The molecule has 6 nitrogen and oxygen atoms in total. The molecule has 3 heterocycles. The van der Waals surface area contributed by atoms with Crippen LogP contribution >= 0.6 is 0 Å². The lowest BCUT2D eigenvalue weighted by atomic mass is 10.1. The molecule has 1 aromatic carbocycles. The van der Waals surface area contributed by atoms with Crippen molar-refractivity contribution >= 4 is 5.69 Å². The lowest BCUT2D eigenvalue weighted by Crippen LogP contribution is -2.44. The van der Waals surface area contributed by atoms with Crippen LogP contribution in [0.2, 0.25) is 0 Å². The van der Waals surface area contributed by atoms with Crippen molar-refractivity contribution in [2.75, 3.05) is 51.3 Å². The van der Waals surface area contributed by atoms with Gasteiger partial charge >= 0.3 is 0 Å². The van der Waals surface area contributed by atoms with Crippen LogP contribution in [-0.2, 0) is 11.2 Å². The molecule has 0 bridgehead atoms. The van der Waals surface area contributed by atoms with Crippen LogP contribution in [0.15, 0.2) is 24.3 Å². The van der Waals surface area contributed by atoms with Gasteiger partial charge in [-0.3, -0.25) is 0 Å². The molecule has 0 amide bonds. The number of aromatic nitrogens is 3. The van der Waals surface area contributed by atoms with Crippen molar-refractivity contribution in [1.82, 2.24) is 19.7 Å². The van der Waals surface area contributed by atoms with Crippen LogP contribution in [0.3, 0.4) is 0 Å². The summed E-state index contributed by atoms with van der Waals surface area (Å²) in [7, 11) is 2.19. The Morgan fingerprint density at radius 2 is 1.88 bits per heavy atom. The first-order valence-corrected chi connectivity index (χ1v) is 9.31. The Bertz CT molecular complexity index is 697. The molecule has 134 valence electrons. The molecule has 2 aliphatic rings. The fourth-order valence-corrected chi connectivity index (χ4v) is 3.57. The Morgan fingerprint density at radius 3 is 2.52 bits per heavy atom. The van der Waals surface area contributed by atoms with Crippen LogP contribution in [0.4, 0.5) is 5.69 Å². The number of anilines is 1. The Labute approximate surface area is 149 Å². The van der Waals surface area contributed by atoms with Crippen LogP contribution in [0.5, 0.6) is 0 Å². The van der Waals surface area contributed by atoms with Gasteiger partial charge in [0.1, 0.15) is 0 Å². The van der Waals surface area contributed by atoms with E-state index in [2.05, 4.69) is 52.7 Å². The van der Waals surface area contributed by atoms with Crippen molar-refractivity contribution in [2.45, 2.75) is 25.8 Å². The summed E-state index contributed by atoms with van der Waals surface area (Å²) in [5.41, 5.74) is 2.43. The zero-order valence-corrected chi connectivity index (χ0v) is 15.2. The molecule has 0 spiro atoms. The molecule has 4 rings (SSSR count). The number of aryl methyl sites for hydroxylation is 1. The zero-order valence-electron chi connectivity index (χ0n) is 15.2. The number of rotatable bonds is 4. The van der Waals surface area contributed by atoms with E-state index in [1.807, 2.05) is 0 Å². The Morgan fingerprint density at radius 1 is 1.12 bits per heavy atom. The topological polar surface area (TPSA) is 46.4 Å². The predicted octanol–water partition coefficient (Wildman–Crippen LogP) is 2.22. The molecule has 1 atom stereocenters. The predicted molar refractivity (Wildman–Crippen MR) is 99.0 cm³/mol. The molecule has 6 heteroatoms. The number of piperazine rings is 1. The van der Waals surface area contributed by atoms with Crippen LogP contribution in [-0.4, -0.2) is 66.1 Å². The van der Waals surface area contributed by atoms with Crippen molar-refractivity contribution < 1.29 is 4.74 Å². The highest BCUT2D eigenvalue weighted by Crippen LogP contribution is 2.27. The van der Waals surface area contributed by atoms with Gasteiger partial charge in [-0.25, -0.2) is 9.67 Å². The van der Waals surface area contributed by atoms with Gasteiger partial charge in [0.2, 0.25) is 0 Å². The molecule has 0 N–H and O–H groups in total. The van der Waals surface area contributed by atoms with Crippen LogP contribution in [0.1, 0.15) is 25.2 Å². The molecular formula is C19H27N5O. The van der Waals surface area contributed by atoms with Gasteiger partial charge in [0.15, 0.2) is 11.6 Å². The van der Waals surface area contributed by atoms with Crippen molar-refractivity contribution in [2.24, 2.45) is 0 Å². The van der Waals surface area contributed by atoms with Gasteiger partial charge in [-0.15, -0.1) is 0 Å². The normalized spacial score (nSPS) is 21.8. The van der Waals surface area contributed by atoms with Crippen molar-refractivity contribution in [3.05, 3.63) is 30.1 Å². The maximum atomic E-state index is 5.55. The average Bonchev–Trinajstić information content (AvgIpc) is 3.32. The molecule has 0 radical (unpaired) electrons. The van der Waals surface area contributed by atoms with E-state index < -0.39 is 0 Å². The maximum Gasteiger partial charge on any atom is 0.158 e. The van der Waals surface area contributed by atoms with Gasteiger partial charge < -0.3 is 14.5 Å². The minimum atomic E-state index is 0.306. The summed E-state index contributed by atoms with van der Waals surface area (Å²) in [5, 5.41) is 4.72. The van der Waals surface area contributed by atoms with Crippen LogP contribution in [0, 0.1) is 0 Å². The van der Waals surface area contributed by atoms with E-state index in [9.17, 15) is 0 Å². The number of hydrogen-bond donors (Lipinski definition) is 0. The summed E-state index contributed by atoms with van der Waals surface area (Å²) in [6.07, 6.45) is 1.87. The SMILES string of the molecule is CCc1nc(-c2ccc(N3CCN(C)CC3)cc2)n(C2CCOC2)n1. The second kappa shape index (κ2) is 7.14.